The highest BCUT2D eigenvalue weighted by Crippen LogP contribution is 2.24. The van der Waals surface area contributed by atoms with E-state index >= 15 is 0 Å². The van der Waals surface area contributed by atoms with E-state index in [9.17, 15) is 13.2 Å². The van der Waals surface area contributed by atoms with Crippen molar-refractivity contribution < 1.29 is 13.2 Å². The molecule has 0 saturated heterocycles. The van der Waals surface area contributed by atoms with Crippen molar-refractivity contribution >= 4 is 34.2 Å². The van der Waals surface area contributed by atoms with Gasteiger partial charge in [-0.05, 0) is 37.4 Å². The molecule has 2 aliphatic rings. The summed E-state index contributed by atoms with van der Waals surface area (Å²) in [6.45, 7) is 0.451. The molecule has 1 fully saturated rings. The number of halogens is 1. The molecule has 132 valence electrons. The fourth-order valence-electron chi connectivity index (χ4n) is 3.16. The summed E-state index contributed by atoms with van der Waals surface area (Å²) >= 11 is 0. The van der Waals surface area contributed by atoms with Gasteiger partial charge in [0.15, 0.2) is 0 Å². The molecule has 0 bridgehead atoms. The van der Waals surface area contributed by atoms with Crippen LogP contribution in [-0.4, -0.2) is 39.3 Å². The van der Waals surface area contributed by atoms with Crippen molar-refractivity contribution in [1.82, 2.24) is 10.0 Å². The van der Waals surface area contributed by atoms with Crippen LogP contribution in [0.3, 0.4) is 0 Å². The van der Waals surface area contributed by atoms with Gasteiger partial charge in [0.25, 0.3) is 10.0 Å². The molecule has 1 aliphatic carbocycles. The van der Waals surface area contributed by atoms with E-state index in [0.29, 0.717) is 18.0 Å². The minimum Gasteiger partial charge on any atom is -0.351 e. The highest BCUT2D eigenvalue weighted by atomic mass is 35.5. The summed E-state index contributed by atoms with van der Waals surface area (Å²) in [5, 5.41) is 2.95. The van der Waals surface area contributed by atoms with Gasteiger partial charge in [0, 0.05) is 11.6 Å². The fourth-order valence-corrected chi connectivity index (χ4v) is 4.41. The number of amides is 1. The molecule has 3 rings (SSSR count). The average Bonchev–Trinajstić information content (AvgIpc) is 3.08. The lowest BCUT2D eigenvalue weighted by molar-refractivity contribution is -0.120. The van der Waals surface area contributed by atoms with Gasteiger partial charge in [-0.2, -0.15) is 0 Å². The lowest BCUT2D eigenvalue weighted by Gasteiger charge is -2.18. The quantitative estimate of drug-likeness (QED) is 0.709. The molecular weight excluding hydrogens is 352 g/mol. The molecule has 2 unspecified atom stereocenters. The third-order valence-corrected chi connectivity index (χ3v) is 5.75. The van der Waals surface area contributed by atoms with E-state index < -0.39 is 10.0 Å². The monoisotopic (exact) mass is 372 g/mol. The maximum Gasteiger partial charge on any atom is 0.263 e. The maximum atomic E-state index is 12.1. The average molecular weight is 373 g/mol. The zero-order valence-electron chi connectivity index (χ0n) is 13.1. The van der Waals surface area contributed by atoms with E-state index in [-0.39, 0.29) is 41.6 Å². The van der Waals surface area contributed by atoms with Crippen molar-refractivity contribution in [2.24, 2.45) is 16.6 Å². The molecule has 2 atom stereocenters. The summed E-state index contributed by atoms with van der Waals surface area (Å²) < 4.78 is 26.3. The second kappa shape index (κ2) is 7.50. The first kappa shape index (κ1) is 18.7. The molecule has 1 heterocycles. The molecule has 7 nitrogen and oxygen atoms in total. The number of nitrogens with one attached hydrogen (secondary N) is 2. The Bertz CT molecular complexity index is 751. The van der Waals surface area contributed by atoms with E-state index in [0.717, 1.165) is 19.3 Å². The predicted octanol–water partition coefficient (Wildman–Crippen LogP) is 0.391. The van der Waals surface area contributed by atoms with Crippen molar-refractivity contribution in [1.29, 1.82) is 0 Å². The van der Waals surface area contributed by atoms with Gasteiger partial charge in [0.2, 0.25) is 5.91 Å². The summed E-state index contributed by atoms with van der Waals surface area (Å²) in [5.41, 5.74) is 6.20. The molecule has 24 heavy (non-hydrogen) atoms. The van der Waals surface area contributed by atoms with Gasteiger partial charge in [-0.15, -0.1) is 12.4 Å². The molecular formula is C15H21ClN4O3S. The lowest BCUT2D eigenvalue weighted by atomic mass is 10.0. The van der Waals surface area contributed by atoms with Crippen molar-refractivity contribution in [3.05, 3.63) is 29.8 Å². The smallest absolute Gasteiger partial charge is 0.263 e. The zero-order valence-corrected chi connectivity index (χ0v) is 14.7. The number of nitrogens with zero attached hydrogens (tertiary/aromatic N) is 1. The summed E-state index contributed by atoms with van der Waals surface area (Å²) in [6, 6.07) is 6.68. The zero-order chi connectivity index (χ0) is 16.4. The number of hydrogen-bond acceptors (Lipinski definition) is 5. The molecule has 1 amide bonds. The van der Waals surface area contributed by atoms with Crippen molar-refractivity contribution in [3.8, 4) is 0 Å². The van der Waals surface area contributed by atoms with Crippen LogP contribution in [-0.2, 0) is 14.8 Å². The molecule has 0 radical (unpaired) electrons. The second-order valence-corrected chi connectivity index (χ2v) is 7.52. The van der Waals surface area contributed by atoms with Gasteiger partial charge < -0.3 is 11.1 Å². The molecule has 1 aromatic rings. The first-order valence-electron chi connectivity index (χ1n) is 7.67. The third-order valence-electron chi connectivity index (χ3n) is 4.35. The number of aliphatic imine (C=N–C) groups is 1. The Kier molecular flexibility index (Phi) is 5.84. The second-order valence-electron chi connectivity index (χ2n) is 5.87. The van der Waals surface area contributed by atoms with Crippen LogP contribution in [0.1, 0.15) is 24.8 Å². The molecule has 9 heteroatoms. The van der Waals surface area contributed by atoms with Crippen LogP contribution in [0.15, 0.2) is 34.2 Å². The number of hydrogen-bond donors (Lipinski definition) is 3. The number of amidine groups is 1. The number of carbonyl (C=O) groups excluding carboxylic acids is 1. The Morgan fingerprint density at radius 3 is 2.83 bits per heavy atom. The van der Waals surface area contributed by atoms with Gasteiger partial charge >= 0.3 is 0 Å². The predicted molar refractivity (Wildman–Crippen MR) is 93.7 cm³/mol. The number of carbonyl (C=O) groups is 1. The summed E-state index contributed by atoms with van der Waals surface area (Å²) in [4.78, 5) is 16.4. The topological polar surface area (TPSA) is 114 Å². The first-order chi connectivity index (χ1) is 11.0. The van der Waals surface area contributed by atoms with Crippen LogP contribution in [0.25, 0.3) is 0 Å². The van der Waals surface area contributed by atoms with Crippen molar-refractivity contribution in [2.45, 2.75) is 30.2 Å². The van der Waals surface area contributed by atoms with Gasteiger partial charge in [-0.25, -0.2) is 8.42 Å². The van der Waals surface area contributed by atoms with Crippen LogP contribution in [0.5, 0.6) is 0 Å². The summed E-state index contributed by atoms with van der Waals surface area (Å²) in [5.74, 6) is 0.321. The molecule has 0 spiro atoms. The number of sulfonamides is 1. The van der Waals surface area contributed by atoms with Crippen molar-refractivity contribution in [3.63, 3.8) is 0 Å². The van der Waals surface area contributed by atoms with E-state index in [1.54, 1.807) is 18.2 Å². The van der Waals surface area contributed by atoms with E-state index in [2.05, 4.69) is 15.0 Å². The Balaban J connectivity index is 0.00000208. The SMILES string of the molecule is Cl.NCC1CCCC1NC(=O)CN=C1NS(=O)(=O)c2ccccc21. The summed E-state index contributed by atoms with van der Waals surface area (Å²) in [7, 11) is -3.57. The Hall–Kier alpha value is -1.64. The molecule has 1 aliphatic heterocycles. The normalized spacial score (nSPS) is 25.6. The minimum atomic E-state index is -3.57. The maximum absolute atomic E-state index is 12.1. The van der Waals surface area contributed by atoms with Crippen LogP contribution in [0, 0.1) is 5.92 Å². The highest BCUT2D eigenvalue weighted by molar-refractivity contribution is 7.90. The lowest BCUT2D eigenvalue weighted by Crippen LogP contribution is -2.41. The van der Waals surface area contributed by atoms with Crippen LogP contribution < -0.4 is 15.8 Å². The largest absolute Gasteiger partial charge is 0.351 e. The van der Waals surface area contributed by atoms with Gasteiger partial charge in [0.05, 0.1) is 4.90 Å². The van der Waals surface area contributed by atoms with Crippen LogP contribution in [0.2, 0.25) is 0 Å². The number of fused-ring (bicyclic) bond motifs is 1. The number of rotatable bonds is 4. The Labute approximate surface area is 147 Å². The van der Waals surface area contributed by atoms with Gasteiger partial charge in [-0.3, -0.25) is 14.5 Å². The Morgan fingerprint density at radius 2 is 2.08 bits per heavy atom. The minimum absolute atomic E-state index is 0. The van der Waals surface area contributed by atoms with Gasteiger partial charge in [-0.1, -0.05) is 18.6 Å². The molecule has 1 saturated carbocycles. The van der Waals surface area contributed by atoms with E-state index in [1.807, 2.05) is 0 Å². The van der Waals surface area contributed by atoms with Crippen LogP contribution in [0.4, 0.5) is 0 Å². The van der Waals surface area contributed by atoms with Crippen molar-refractivity contribution in [2.75, 3.05) is 13.1 Å². The highest BCUT2D eigenvalue weighted by Gasteiger charge is 2.31. The first-order valence-corrected chi connectivity index (χ1v) is 9.15. The molecule has 4 N–H and O–H groups in total. The molecule has 1 aromatic carbocycles. The number of nitrogens with two attached hydrogens (primary N) is 1. The number of benzene rings is 1. The standard InChI is InChI=1S/C15H20N4O3S.ClH/c16-8-10-4-3-6-12(10)18-14(20)9-17-15-11-5-1-2-7-13(11)23(21,22)19-15;/h1-2,5,7,10,12H,3-4,6,8-9,16H2,(H,17,19)(H,18,20);1H. The third kappa shape index (κ3) is 3.71. The van der Waals surface area contributed by atoms with E-state index in [1.165, 1.54) is 6.07 Å². The fraction of sp³-hybridized carbons (Fsp3) is 0.467. The summed E-state index contributed by atoms with van der Waals surface area (Å²) in [6.07, 6.45) is 3.03. The Morgan fingerprint density at radius 1 is 1.33 bits per heavy atom. The van der Waals surface area contributed by atoms with Gasteiger partial charge in [0.1, 0.15) is 12.4 Å². The van der Waals surface area contributed by atoms with Crippen LogP contribution >= 0.6 is 12.4 Å². The van der Waals surface area contributed by atoms with E-state index in [4.69, 9.17) is 5.73 Å². The molecule has 0 aromatic heterocycles.